The molecule has 0 bridgehead atoms. The zero-order valence-corrected chi connectivity index (χ0v) is 12.5. The first-order valence-electron chi connectivity index (χ1n) is 7.83. The first-order valence-corrected chi connectivity index (χ1v) is 7.83. The fourth-order valence-corrected chi connectivity index (χ4v) is 3.52. The van der Waals surface area contributed by atoms with Crippen molar-refractivity contribution in [2.45, 2.75) is 50.5 Å². The van der Waals surface area contributed by atoms with Gasteiger partial charge in [-0.05, 0) is 26.4 Å². The Morgan fingerprint density at radius 1 is 1.25 bits per heavy atom. The van der Waals surface area contributed by atoms with Gasteiger partial charge in [-0.3, -0.25) is 0 Å². The van der Waals surface area contributed by atoms with Crippen LogP contribution >= 0.6 is 0 Å². The van der Waals surface area contributed by atoms with Crippen LogP contribution in [0.25, 0.3) is 0 Å². The molecule has 3 nitrogen and oxygen atoms in total. The SMILES string of the molecule is CC[C@]1(c2ccccc2)OC[C@H]([C@@H]2CCCCN2C)O1. The van der Waals surface area contributed by atoms with Gasteiger partial charge in [0, 0.05) is 18.0 Å². The summed E-state index contributed by atoms with van der Waals surface area (Å²) in [6, 6.07) is 10.9. The zero-order chi connectivity index (χ0) is 14.0. The topological polar surface area (TPSA) is 21.7 Å². The van der Waals surface area contributed by atoms with Crippen LogP contribution in [0.3, 0.4) is 0 Å². The normalized spacial score (nSPS) is 35.3. The van der Waals surface area contributed by atoms with E-state index in [-0.39, 0.29) is 6.10 Å². The van der Waals surface area contributed by atoms with Gasteiger partial charge >= 0.3 is 0 Å². The minimum atomic E-state index is -0.537. The third-order valence-corrected chi connectivity index (χ3v) is 4.76. The maximum atomic E-state index is 6.43. The van der Waals surface area contributed by atoms with Gasteiger partial charge in [-0.15, -0.1) is 0 Å². The maximum Gasteiger partial charge on any atom is 0.195 e. The number of rotatable bonds is 3. The van der Waals surface area contributed by atoms with Gasteiger partial charge < -0.3 is 14.4 Å². The molecule has 2 aliphatic rings. The molecule has 2 saturated heterocycles. The number of hydrogen-bond acceptors (Lipinski definition) is 3. The molecule has 0 N–H and O–H groups in total. The van der Waals surface area contributed by atoms with E-state index in [0.717, 1.165) is 12.0 Å². The minimum absolute atomic E-state index is 0.195. The Morgan fingerprint density at radius 3 is 2.75 bits per heavy atom. The average Bonchev–Trinajstić information content (AvgIpc) is 2.94. The molecule has 2 fully saturated rings. The van der Waals surface area contributed by atoms with Gasteiger partial charge in [0.05, 0.1) is 6.61 Å². The molecular formula is C17H25NO2. The Hall–Kier alpha value is -0.900. The van der Waals surface area contributed by atoms with Crippen molar-refractivity contribution in [2.24, 2.45) is 0 Å². The van der Waals surface area contributed by atoms with E-state index in [1.165, 1.54) is 25.8 Å². The number of hydrogen-bond donors (Lipinski definition) is 0. The van der Waals surface area contributed by atoms with Gasteiger partial charge in [0.1, 0.15) is 6.10 Å². The molecular weight excluding hydrogens is 250 g/mol. The molecule has 1 aromatic carbocycles. The Kier molecular flexibility index (Phi) is 4.11. The molecule has 0 saturated carbocycles. The fraction of sp³-hybridized carbons (Fsp3) is 0.647. The summed E-state index contributed by atoms with van der Waals surface area (Å²) < 4.78 is 12.6. The van der Waals surface area contributed by atoms with Crippen LogP contribution in [-0.4, -0.2) is 37.2 Å². The molecule has 3 heteroatoms. The highest BCUT2D eigenvalue weighted by Crippen LogP contribution is 2.39. The minimum Gasteiger partial charge on any atom is -0.343 e. The lowest BCUT2D eigenvalue weighted by atomic mass is 9.98. The highest BCUT2D eigenvalue weighted by atomic mass is 16.7. The van der Waals surface area contributed by atoms with Crippen molar-refractivity contribution in [3.63, 3.8) is 0 Å². The Morgan fingerprint density at radius 2 is 2.05 bits per heavy atom. The standard InChI is InChI=1S/C17H25NO2/c1-3-17(14-9-5-4-6-10-14)19-13-16(20-17)15-11-7-8-12-18(15)2/h4-6,9-10,15-16H,3,7-8,11-13H2,1-2H3/t15-,16+,17-/m0/s1. The number of benzene rings is 1. The van der Waals surface area contributed by atoms with E-state index < -0.39 is 5.79 Å². The molecule has 0 amide bonds. The summed E-state index contributed by atoms with van der Waals surface area (Å²) in [6.07, 6.45) is 4.88. The van der Waals surface area contributed by atoms with Crippen molar-refractivity contribution in [1.29, 1.82) is 0 Å². The van der Waals surface area contributed by atoms with Crippen LogP contribution in [0.1, 0.15) is 38.2 Å². The Balaban J connectivity index is 1.77. The van der Waals surface area contributed by atoms with Crippen LogP contribution in [-0.2, 0) is 15.3 Å². The van der Waals surface area contributed by atoms with Crippen LogP contribution in [0.2, 0.25) is 0 Å². The van der Waals surface area contributed by atoms with Crippen molar-refractivity contribution < 1.29 is 9.47 Å². The molecule has 1 aromatic rings. The van der Waals surface area contributed by atoms with Crippen LogP contribution in [0.4, 0.5) is 0 Å². The second kappa shape index (κ2) is 5.84. The highest BCUT2D eigenvalue weighted by Gasteiger charge is 2.45. The van der Waals surface area contributed by atoms with E-state index >= 15 is 0 Å². The summed E-state index contributed by atoms with van der Waals surface area (Å²) in [7, 11) is 2.21. The summed E-state index contributed by atoms with van der Waals surface area (Å²) in [5, 5.41) is 0. The summed E-state index contributed by atoms with van der Waals surface area (Å²) in [6.45, 7) is 4.02. The van der Waals surface area contributed by atoms with Gasteiger partial charge in [-0.25, -0.2) is 0 Å². The number of nitrogens with zero attached hydrogens (tertiary/aromatic N) is 1. The van der Waals surface area contributed by atoms with E-state index in [9.17, 15) is 0 Å². The van der Waals surface area contributed by atoms with Crippen molar-refractivity contribution in [1.82, 2.24) is 4.90 Å². The monoisotopic (exact) mass is 275 g/mol. The molecule has 3 rings (SSSR count). The van der Waals surface area contributed by atoms with E-state index in [4.69, 9.17) is 9.47 Å². The predicted octanol–water partition coefficient (Wildman–Crippen LogP) is 3.15. The third-order valence-electron chi connectivity index (χ3n) is 4.76. The van der Waals surface area contributed by atoms with Gasteiger partial charge in [-0.2, -0.15) is 0 Å². The van der Waals surface area contributed by atoms with E-state index in [0.29, 0.717) is 12.6 Å². The van der Waals surface area contributed by atoms with Crippen molar-refractivity contribution in [3.8, 4) is 0 Å². The van der Waals surface area contributed by atoms with E-state index in [1.807, 2.05) is 6.07 Å². The van der Waals surface area contributed by atoms with Crippen LogP contribution in [0.15, 0.2) is 30.3 Å². The van der Waals surface area contributed by atoms with Crippen LogP contribution < -0.4 is 0 Å². The van der Waals surface area contributed by atoms with Crippen molar-refractivity contribution in [3.05, 3.63) is 35.9 Å². The lowest BCUT2D eigenvalue weighted by Gasteiger charge is -2.36. The second-order valence-electron chi connectivity index (χ2n) is 5.98. The van der Waals surface area contributed by atoms with Gasteiger partial charge in [0.2, 0.25) is 0 Å². The Bertz CT molecular complexity index is 436. The van der Waals surface area contributed by atoms with Crippen LogP contribution in [0, 0.1) is 0 Å². The quantitative estimate of drug-likeness (QED) is 0.846. The fourth-order valence-electron chi connectivity index (χ4n) is 3.52. The largest absolute Gasteiger partial charge is 0.343 e. The summed E-state index contributed by atoms with van der Waals surface area (Å²) >= 11 is 0. The molecule has 0 unspecified atom stereocenters. The Labute approximate surface area is 121 Å². The summed E-state index contributed by atoms with van der Waals surface area (Å²) in [5.74, 6) is -0.537. The summed E-state index contributed by atoms with van der Waals surface area (Å²) in [4.78, 5) is 2.44. The molecule has 3 atom stereocenters. The molecule has 20 heavy (non-hydrogen) atoms. The first kappa shape index (κ1) is 14.1. The predicted molar refractivity (Wildman–Crippen MR) is 79.5 cm³/mol. The molecule has 0 spiro atoms. The van der Waals surface area contributed by atoms with Gasteiger partial charge in [0.15, 0.2) is 5.79 Å². The highest BCUT2D eigenvalue weighted by molar-refractivity contribution is 5.21. The third kappa shape index (κ3) is 2.50. The van der Waals surface area contributed by atoms with Crippen molar-refractivity contribution in [2.75, 3.05) is 20.2 Å². The summed E-state index contributed by atoms with van der Waals surface area (Å²) in [5.41, 5.74) is 1.14. The van der Waals surface area contributed by atoms with Gasteiger partial charge in [0.25, 0.3) is 0 Å². The van der Waals surface area contributed by atoms with E-state index in [2.05, 4.69) is 43.1 Å². The van der Waals surface area contributed by atoms with E-state index in [1.54, 1.807) is 0 Å². The molecule has 2 aliphatic heterocycles. The number of likely N-dealkylation sites (tertiary alicyclic amines) is 1. The maximum absolute atomic E-state index is 6.43. The van der Waals surface area contributed by atoms with Crippen LogP contribution in [0.5, 0.6) is 0 Å². The first-order chi connectivity index (χ1) is 9.75. The number of piperidine rings is 1. The number of ether oxygens (including phenoxy) is 2. The molecule has 2 heterocycles. The molecule has 110 valence electrons. The lowest BCUT2D eigenvalue weighted by molar-refractivity contribution is -0.185. The molecule has 0 aliphatic carbocycles. The lowest BCUT2D eigenvalue weighted by Crippen LogP contribution is -2.46. The van der Waals surface area contributed by atoms with Gasteiger partial charge in [-0.1, -0.05) is 43.7 Å². The smallest absolute Gasteiger partial charge is 0.195 e. The second-order valence-corrected chi connectivity index (χ2v) is 5.98. The number of likely N-dealkylation sites (N-methyl/N-ethyl adjacent to an activating group) is 1. The zero-order valence-electron chi connectivity index (χ0n) is 12.5. The molecule has 0 radical (unpaired) electrons. The van der Waals surface area contributed by atoms with Crippen molar-refractivity contribution >= 4 is 0 Å². The molecule has 0 aromatic heterocycles. The average molecular weight is 275 g/mol.